The third-order valence-corrected chi connectivity index (χ3v) is 4.25. The Balaban J connectivity index is 1.50. The van der Waals surface area contributed by atoms with E-state index in [1.165, 1.54) is 0 Å². The highest BCUT2D eigenvalue weighted by molar-refractivity contribution is 5.92. The molecule has 2 heterocycles. The minimum atomic E-state index is -0.283. The molecule has 7 heteroatoms. The van der Waals surface area contributed by atoms with Crippen LogP contribution in [0.25, 0.3) is 11.0 Å². The zero-order chi connectivity index (χ0) is 17.8. The Labute approximate surface area is 146 Å². The summed E-state index contributed by atoms with van der Waals surface area (Å²) in [7, 11) is 0. The second-order valence-electron chi connectivity index (χ2n) is 6.17. The molecule has 1 aliphatic heterocycles. The first-order valence-electron chi connectivity index (χ1n) is 8.54. The van der Waals surface area contributed by atoms with E-state index in [0.717, 1.165) is 22.4 Å². The Morgan fingerprint density at radius 1 is 1.28 bits per heavy atom. The number of hydrogen-bond donors (Lipinski definition) is 2. The van der Waals surface area contributed by atoms with Gasteiger partial charge in [0.2, 0.25) is 0 Å². The molecule has 1 aromatic carbocycles. The van der Waals surface area contributed by atoms with E-state index < -0.39 is 0 Å². The van der Waals surface area contributed by atoms with Gasteiger partial charge >= 0.3 is 12.1 Å². The predicted octanol–water partition coefficient (Wildman–Crippen LogP) is 3.48. The van der Waals surface area contributed by atoms with Gasteiger partial charge in [-0.3, -0.25) is 0 Å². The van der Waals surface area contributed by atoms with Gasteiger partial charge in [-0.25, -0.2) is 9.59 Å². The van der Waals surface area contributed by atoms with Crippen molar-refractivity contribution in [1.29, 1.82) is 0 Å². The van der Waals surface area contributed by atoms with Crippen molar-refractivity contribution >= 4 is 28.8 Å². The number of likely N-dealkylation sites (tertiary alicyclic amines) is 1. The summed E-state index contributed by atoms with van der Waals surface area (Å²) in [5, 5.41) is 6.76. The molecule has 1 saturated heterocycles. The molecular formula is C18H23N3O4. The molecule has 1 fully saturated rings. The van der Waals surface area contributed by atoms with E-state index in [2.05, 4.69) is 10.6 Å². The number of anilines is 1. The van der Waals surface area contributed by atoms with E-state index in [9.17, 15) is 9.59 Å². The van der Waals surface area contributed by atoms with Crippen LogP contribution in [-0.2, 0) is 4.74 Å². The lowest BCUT2D eigenvalue weighted by Gasteiger charge is -2.31. The van der Waals surface area contributed by atoms with Crippen LogP contribution in [0.5, 0.6) is 0 Å². The van der Waals surface area contributed by atoms with Gasteiger partial charge in [0.15, 0.2) is 0 Å². The smallest absolute Gasteiger partial charge is 0.409 e. The fourth-order valence-electron chi connectivity index (χ4n) is 3.03. The van der Waals surface area contributed by atoms with Gasteiger partial charge in [-0.1, -0.05) is 0 Å². The number of nitrogens with one attached hydrogen (secondary N) is 2. The molecular weight excluding hydrogens is 322 g/mol. The van der Waals surface area contributed by atoms with Crippen LogP contribution in [0.1, 0.15) is 25.5 Å². The normalized spacial score (nSPS) is 15.2. The number of amides is 3. The van der Waals surface area contributed by atoms with Crippen molar-refractivity contribution in [3.8, 4) is 0 Å². The summed E-state index contributed by atoms with van der Waals surface area (Å²) in [6, 6.07) is 7.28. The van der Waals surface area contributed by atoms with Gasteiger partial charge in [0.05, 0.1) is 6.61 Å². The highest BCUT2D eigenvalue weighted by atomic mass is 16.6. The van der Waals surface area contributed by atoms with Crippen LogP contribution in [-0.4, -0.2) is 42.8 Å². The Bertz CT molecular complexity index is 763. The van der Waals surface area contributed by atoms with Crippen LogP contribution < -0.4 is 10.6 Å². The summed E-state index contributed by atoms with van der Waals surface area (Å²) >= 11 is 0. The highest BCUT2D eigenvalue weighted by Crippen LogP contribution is 2.22. The standard InChI is InChI=1S/C18H23N3O4/c1-3-24-18(23)21-8-6-14(7-9-21)19-17(22)20-15-4-5-16-13(11-15)10-12(2)25-16/h4-5,10-11,14H,3,6-9H2,1-2H3,(H2,19,20,22). The first-order valence-corrected chi connectivity index (χ1v) is 8.54. The summed E-state index contributed by atoms with van der Waals surface area (Å²) in [4.78, 5) is 25.5. The number of urea groups is 1. The lowest BCUT2D eigenvalue weighted by molar-refractivity contribution is 0.0959. The summed E-state index contributed by atoms with van der Waals surface area (Å²) < 4.78 is 10.5. The first kappa shape index (κ1) is 17.1. The van der Waals surface area contributed by atoms with Gasteiger partial charge in [0, 0.05) is 30.2 Å². The van der Waals surface area contributed by atoms with Gasteiger partial charge in [-0.05, 0) is 51.0 Å². The van der Waals surface area contributed by atoms with E-state index >= 15 is 0 Å². The Kier molecular flexibility index (Phi) is 5.11. The number of carbonyl (C=O) groups excluding carboxylic acids is 2. The van der Waals surface area contributed by atoms with Crippen LogP contribution in [0, 0.1) is 6.92 Å². The van der Waals surface area contributed by atoms with Crippen molar-refractivity contribution in [2.45, 2.75) is 32.7 Å². The topological polar surface area (TPSA) is 83.8 Å². The van der Waals surface area contributed by atoms with Crippen molar-refractivity contribution in [2.24, 2.45) is 0 Å². The van der Waals surface area contributed by atoms with E-state index in [-0.39, 0.29) is 18.2 Å². The molecule has 0 spiro atoms. The molecule has 2 aromatic rings. The Morgan fingerprint density at radius 3 is 2.76 bits per heavy atom. The summed E-state index contributed by atoms with van der Waals surface area (Å²) in [6.07, 6.45) is 1.15. The average Bonchev–Trinajstić information content (AvgIpc) is 2.95. The number of ether oxygens (including phenoxy) is 1. The van der Waals surface area contributed by atoms with Crippen LogP contribution in [0.15, 0.2) is 28.7 Å². The fourth-order valence-corrected chi connectivity index (χ4v) is 3.03. The van der Waals surface area contributed by atoms with Gasteiger partial charge < -0.3 is 24.7 Å². The SMILES string of the molecule is CCOC(=O)N1CCC(NC(=O)Nc2ccc3oc(C)cc3c2)CC1. The number of furan rings is 1. The zero-order valence-corrected chi connectivity index (χ0v) is 14.5. The molecule has 0 saturated carbocycles. The van der Waals surface area contributed by atoms with Crippen LogP contribution in [0.4, 0.5) is 15.3 Å². The second kappa shape index (κ2) is 7.46. The fraction of sp³-hybridized carbons (Fsp3) is 0.444. The van der Waals surface area contributed by atoms with Crippen LogP contribution in [0.2, 0.25) is 0 Å². The van der Waals surface area contributed by atoms with Crippen molar-refractivity contribution in [2.75, 3.05) is 25.0 Å². The Morgan fingerprint density at radius 2 is 2.04 bits per heavy atom. The largest absolute Gasteiger partial charge is 0.461 e. The molecule has 3 rings (SSSR count). The molecule has 1 aliphatic rings. The predicted molar refractivity (Wildman–Crippen MR) is 94.7 cm³/mol. The first-order chi connectivity index (χ1) is 12.0. The lowest BCUT2D eigenvalue weighted by atomic mass is 10.1. The average molecular weight is 345 g/mol. The molecule has 25 heavy (non-hydrogen) atoms. The monoisotopic (exact) mass is 345 g/mol. The molecule has 2 N–H and O–H groups in total. The van der Waals surface area contributed by atoms with E-state index in [1.807, 2.05) is 31.2 Å². The number of carbonyl (C=O) groups is 2. The second-order valence-corrected chi connectivity index (χ2v) is 6.17. The van der Waals surface area contributed by atoms with Crippen molar-refractivity contribution in [1.82, 2.24) is 10.2 Å². The van der Waals surface area contributed by atoms with E-state index in [1.54, 1.807) is 11.8 Å². The number of benzene rings is 1. The number of piperidine rings is 1. The minimum Gasteiger partial charge on any atom is -0.461 e. The van der Waals surface area contributed by atoms with Gasteiger partial charge in [-0.15, -0.1) is 0 Å². The zero-order valence-electron chi connectivity index (χ0n) is 14.5. The van der Waals surface area contributed by atoms with Crippen molar-refractivity contribution in [3.63, 3.8) is 0 Å². The summed E-state index contributed by atoms with van der Waals surface area (Å²) in [5.74, 6) is 0.838. The van der Waals surface area contributed by atoms with E-state index in [4.69, 9.17) is 9.15 Å². The maximum atomic E-state index is 12.2. The summed E-state index contributed by atoms with van der Waals surface area (Å²) in [5.41, 5.74) is 1.52. The maximum absolute atomic E-state index is 12.2. The minimum absolute atomic E-state index is 0.0468. The van der Waals surface area contributed by atoms with Gasteiger partial charge in [0.1, 0.15) is 11.3 Å². The molecule has 0 unspecified atom stereocenters. The van der Waals surface area contributed by atoms with Crippen LogP contribution in [0.3, 0.4) is 0 Å². The number of aryl methyl sites for hydroxylation is 1. The Hall–Kier alpha value is -2.70. The van der Waals surface area contributed by atoms with Gasteiger partial charge in [0.25, 0.3) is 0 Å². The number of fused-ring (bicyclic) bond motifs is 1. The third-order valence-electron chi connectivity index (χ3n) is 4.25. The van der Waals surface area contributed by atoms with Crippen molar-refractivity contribution in [3.05, 3.63) is 30.0 Å². The number of rotatable bonds is 3. The molecule has 0 radical (unpaired) electrons. The highest BCUT2D eigenvalue weighted by Gasteiger charge is 2.24. The molecule has 7 nitrogen and oxygen atoms in total. The molecule has 0 aliphatic carbocycles. The lowest BCUT2D eigenvalue weighted by Crippen LogP contribution is -2.47. The molecule has 1 aromatic heterocycles. The number of nitrogens with zero attached hydrogens (tertiary/aromatic N) is 1. The van der Waals surface area contributed by atoms with Gasteiger partial charge in [-0.2, -0.15) is 0 Å². The number of hydrogen-bond acceptors (Lipinski definition) is 4. The molecule has 0 atom stereocenters. The van der Waals surface area contributed by atoms with E-state index in [0.29, 0.717) is 32.5 Å². The molecule has 134 valence electrons. The van der Waals surface area contributed by atoms with Crippen LogP contribution >= 0.6 is 0 Å². The molecule has 0 bridgehead atoms. The molecule has 3 amide bonds. The quantitative estimate of drug-likeness (QED) is 0.892. The summed E-state index contributed by atoms with van der Waals surface area (Å²) in [6.45, 7) is 5.23. The van der Waals surface area contributed by atoms with Crippen molar-refractivity contribution < 1.29 is 18.7 Å². The third kappa shape index (κ3) is 4.23. The maximum Gasteiger partial charge on any atom is 0.409 e.